The zero-order chi connectivity index (χ0) is 18.0. The molecule has 4 aliphatic carbocycles. The third-order valence-electron chi connectivity index (χ3n) is 9.57. The Morgan fingerprint density at radius 2 is 1.68 bits per heavy atom. The number of terminal acetylenes is 1. The van der Waals surface area contributed by atoms with Crippen LogP contribution in [-0.4, -0.2) is 16.9 Å². The molecular weight excluding hydrogens is 311 g/mol. The molecule has 25 heavy (non-hydrogen) atoms. The molecule has 0 heterocycles. The maximum Gasteiger partial charge on any atom is 0.125 e. The molecule has 0 saturated heterocycles. The average Bonchev–Trinajstić information content (AvgIpc) is 2.93. The normalized spacial score (nSPS) is 54.6. The van der Waals surface area contributed by atoms with Gasteiger partial charge < -0.3 is 5.11 Å². The lowest BCUT2D eigenvalue weighted by atomic mass is 9.44. The van der Waals surface area contributed by atoms with Crippen LogP contribution in [0.3, 0.4) is 0 Å². The monoisotopic (exact) mass is 346 g/mol. The molecule has 0 aromatic rings. The number of halogens is 1. The van der Waals surface area contributed by atoms with E-state index in [1.54, 1.807) is 0 Å². The van der Waals surface area contributed by atoms with Gasteiger partial charge in [-0.2, -0.15) is 0 Å². The van der Waals surface area contributed by atoms with Gasteiger partial charge in [-0.3, -0.25) is 0 Å². The summed E-state index contributed by atoms with van der Waals surface area (Å²) in [6.07, 6.45) is 15.0. The fraction of sp³-hybridized carbons (Fsp3) is 0.913. The molecule has 4 aliphatic rings. The number of fused-ring (bicyclic) bond motifs is 5. The molecule has 0 aliphatic heterocycles. The van der Waals surface area contributed by atoms with Crippen LogP contribution in [0.4, 0.5) is 4.39 Å². The summed E-state index contributed by atoms with van der Waals surface area (Å²) in [4.78, 5) is 0. The van der Waals surface area contributed by atoms with Crippen LogP contribution in [-0.2, 0) is 0 Å². The zero-order valence-electron chi connectivity index (χ0n) is 16.2. The first kappa shape index (κ1) is 17.8. The summed E-state index contributed by atoms with van der Waals surface area (Å²) < 4.78 is 14.0. The maximum absolute atomic E-state index is 14.0. The first-order chi connectivity index (χ1) is 11.7. The van der Waals surface area contributed by atoms with Gasteiger partial charge in [0.05, 0.1) is 0 Å². The molecule has 4 rings (SSSR count). The Morgan fingerprint density at radius 3 is 2.40 bits per heavy atom. The van der Waals surface area contributed by atoms with Gasteiger partial charge in [-0.25, -0.2) is 4.39 Å². The Kier molecular flexibility index (Phi) is 4.08. The van der Waals surface area contributed by atoms with Crippen LogP contribution in [0.25, 0.3) is 0 Å². The zero-order valence-corrected chi connectivity index (χ0v) is 16.2. The highest BCUT2D eigenvalue weighted by atomic mass is 19.1. The highest BCUT2D eigenvalue weighted by Gasteiger charge is 2.62. The predicted octanol–water partition coefficient (Wildman–Crippen LogP) is 5.37. The molecule has 0 spiro atoms. The predicted molar refractivity (Wildman–Crippen MR) is 99.6 cm³/mol. The van der Waals surface area contributed by atoms with Crippen molar-refractivity contribution in [2.24, 2.45) is 40.4 Å². The minimum absolute atomic E-state index is 0.178. The van der Waals surface area contributed by atoms with E-state index in [0.29, 0.717) is 17.3 Å². The fourth-order valence-corrected chi connectivity index (χ4v) is 8.23. The quantitative estimate of drug-likeness (QED) is 0.633. The van der Waals surface area contributed by atoms with E-state index in [2.05, 4.69) is 19.8 Å². The third-order valence-corrected chi connectivity index (χ3v) is 9.57. The van der Waals surface area contributed by atoms with E-state index < -0.39 is 11.8 Å². The highest BCUT2D eigenvalue weighted by Crippen LogP contribution is 2.68. The first-order valence-electron chi connectivity index (χ1n) is 10.6. The standard InChI is InChI=1S/C23H35FO/c1-5-23(4,25)20-9-8-18-17-7-6-15-14-16(24)10-12-21(15,2)19(17)11-13-22(18,20)3/h1,15-20,25H,6-14H2,2-4H3/t15-,16-,17-,18-,19-,20-,21-,22-,23?/m0/s1. The molecule has 1 nitrogen and oxygen atoms in total. The smallest absolute Gasteiger partial charge is 0.125 e. The molecule has 2 heteroatoms. The van der Waals surface area contributed by atoms with Crippen molar-refractivity contribution in [1.82, 2.24) is 0 Å². The molecular formula is C23H35FO. The van der Waals surface area contributed by atoms with Crippen LogP contribution in [0.1, 0.15) is 78.6 Å². The van der Waals surface area contributed by atoms with Crippen LogP contribution >= 0.6 is 0 Å². The van der Waals surface area contributed by atoms with Crippen molar-refractivity contribution in [3.05, 3.63) is 0 Å². The largest absolute Gasteiger partial charge is 0.378 e. The van der Waals surface area contributed by atoms with Gasteiger partial charge in [0.1, 0.15) is 11.8 Å². The first-order valence-corrected chi connectivity index (χ1v) is 10.6. The van der Waals surface area contributed by atoms with E-state index in [9.17, 15) is 9.50 Å². The van der Waals surface area contributed by atoms with E-state index in [-0.39, 0.29) is 11.3 Å². The van der Waals surface area contributed by atoms with Crippen molar-refractivity contribution < 1.29 is 9.50 Å². The lowest BCUT2D eigenvalue weighted by molar-refractivity contribution is -0.131. The van der Waals surface area contributed by atoms with E-state index in [4.69, 9.17) is 6.42 Å². The highest BCUT2D eigenvalue weighted by molar-refractivity contribution is 5.17. The minimum atomic E-state index is -0.982. The van der Waals surface area contributed by atoms with Crippen molar-refractivity contribution in [3.8, 4) is 12.3 Å². The summed E-state index contributed by atoms with van der Waals surface area (Å²) in [5, 5.41) is 10.8. The van der Waals surface area contributed by atoms with E-state index in [1.165, 1.54) is 32.1 Å². The summed E-state index contributed by atoms with van der Waals surface area (Å²) >= 11 is 0. The Hall–Kier alpha value is -0.550. The van der Waals surface area contributed by atoms with Gasteiger partial charge in [-0.05, 0) is 99.2 Å². The van der Waals surface area contributed by atoms with E-state index >= 15 is 0 Å². The Morgan fingerprint density at radius 1 is 1.00 bits per heavy atom. The summed E-state index contributed by atoms with van der Waals surface area (Å²) in [5.41, 5.74) is -0.458. The molecule has 140 valence electrons. The molecule has 0 radical (unpaired) electrons. The van der Waals surface area contributed by atoms with Crippen molar-refractivity contribution in [2.75, 3.05) is 0 Å². The van der Waals surface area contributed by atoms with Gasteiger partial charge in [-0.15, -0.1) is 6.42 Å². The van der Waals surface area contributed by atoms with Gasteiger partial charge in [0, 0.05) is 5.92 Å². The summed E-state index contributed by atoms with van der Waals surface area (Å²) in [6.45, 7) is 6.73. The Labute approximate surface area is 153 Å². The number of rotatable bonds is 1. The second-order valence-corrected chi connectivity index (χ2v) is 10.5. The molecule has 1 unspecified atom stereocenters. The van der Waals surface area contributed by atoms with Gasteiger partial charge >= 0.3 is 0 Å². The molecule has 0 aromatic heterocycles. The van der Waals surface area contributed by atoms with Crippen LogP contribution in [0, 0.1) is 52.8 Å². The van der Waals surface area contributed by atoms with E-state index in [1.807, 2.05) is 6.92 Å². The summed E-state index contributed by atoms with van der Waals surface area (Å²) in [7, 11) is 0. The van der Waals surface area contributed by atoms with Gasteiger partial charge in [0.15, 0.2) is 0 Å². The average molecular weight is 347 g/mol. The maximum atomic E-state index is 14.0. The summed E-state index contributed by atoms with van der Waals surface area (Å²) in [6, 6.07) is 0. The number of hydrogen-bond donors (Lipinski definition) is 1. The van der Waals surface area contributed by atoms with Crippen LogP contribution in [0.15, 0.2) is 0 Å². The van der Waals surface area contributed by atoms with Gasteiger partial charge in [-0.1, -0.05) is 19.8 Å². The molecule has 9 atom stereocenters. The number of aliphatic hydroxyl groups is 1. The SMILES string of the molecule is C#CC(C)(O)[C@H]1CC[C@H]2[C@@H]3CC[C@H]4C[C@@H](F)CC[C@]4(C)[C@H]3CC[C@]12C. The molecule has 0 amide bonds. The summed E-state index contributed by atoms with van der Waals surface area (Å²) in [5.74, 6) is 5.71. The van der Waals surface area contributed by atoms with Crippen molar-refractivity contribution in [3.63, 3.8) is 0 Å². The Balaban J connectivity index is 1.61. The molecule has 4 fully saturated rings. The lowest BCUT2D eigenvalue weighted by Gasteiger charge is -2.61. The van der Waals surface area contributed by atoms with Crippen molar-refractivity contribution in [1.29, 1.82) is 0 Å². The van der Waals surface area contributed by atoms with Gasteiger partial charge in [0.2, 0.25) is 0 Å². The van der Waals surface area contributed by atoms with Crippen LogP contribution < -0.4 is 0 Å². The van der Waals surface area contributed by atoms with E-state index in [0.717, 1.165) is 37.5 Å². The second-order valence-electron chi connectivity index (χ2n) is 10.5. The van der Waals surface area contributed by atoms with Crippen molar-refractivity contribution in [2.45, 2.75) is 90.3 Å². The number of hydrogen-bond acceptors (Lipinski definition) is 1. The lowest BCUT2D eigenvalue weighted by Crippen LogP contribution is -2.55. The molecule has 4 saturated carbocycles. The fourth-order valence-electron chi connectivity index (χ4n) is 8.23. The molecule has 0 aromatic carbocycles. The minimum Gasteiger partial charge on any atom is -0.378 e. The molecule has 1 N–H and O–H groups in total. The van der Waals surface area contributed by atoms with Gasteiger partial charge in [0.25, 0.3) is 0 Å². The van der Waals surface area contributed by atoms with Crippen LogP contribution in [0.2, 0.25) is 0 Å². The van der Waals surface area contributed by atoms with Crippen LogP contribution in [0.5, 0.6) is 0 Å². The Bertz CT molecular complexity index is 577. The molecule has 0 bridgehead atoms. The second kappa shape index (κ2) is 5.72. The number of alkyl halides is 1. The third kappa shape index (κ3) is 2.44. The topological polar surface area (TPSA) is 20.2 Å². The van der Waals surface area contributed by atoms with Crippen molar-refractivity contribution >= 4 is 0 Å².